The number of anilines is 2. The Bertz CT molecular complexity index is 1160. The van der Waals surface area contributed by atoms with Gasteiger partial charge in [0.15, 0.2) is 5.82 Å². The molecule has 3 heterocycles. The van der Waals surface area contributed by atoms with E-state index in [1.54, 1.807) is 48.9 Å². The summed E-state index contributed by atoms with van der Waals surface area (Å²) in [6.45, 7) is 2.54. The maximum absolute atomic E-state index is 12.6. The first-order chi connectivity index (χ1) is 15.1. The lowest BCUT2D eigenvalue weighted by molar-refractivity contribution is 0.0993. The molecule has 0 atom stereocenters. The van der Waals surface area contributed by atoms with E-state index in [-0.39, 0.29) is 5.91 Å². The van der Waals surface area contributed by atoms with E-state index in [4.69, 9.17) is 0 Å². The number of amides is 1. The van der Waals surface area contributed by atoms with Crippen LogP contribution in [0.5, 0.6) is 0 Å². The molecule has 0 saturated carbocycles. The zero-order chi connectivity index (χ0) is 21.6. The van der Waals surface area contributed by atoms with Gasteiger partial charge in [0.25, 0.3) is 5.91 Å². The van der Waals surface area contributed by atoms with Gasteiger partial charge in [-0.05, 0) is 48.9 Å². The Morgan fingerprint density at radius 3 is 2.45 bits per heavy atom. The van der Waals surface area contributed by atoms with Gasteiger partial charge in [0.2, 0.25) is 0 Å². The molecule has 4 rings (SSSR count). The van der Waals surface area contributed by atoms with E-state index < -0.39 is 0 Å². The monoisotopic (exact) mass is 410 g/mol. The lowest BCUT2D eigenvalue weighted by atomic mass is 10.1. The van der Waals surface area contributed by atoms with Crippen LogP contribution in [-0.2, 0) is 6.54 Å². The fourth-order valence-corrected chi connectivity index (χ4v) is 3.12. The lowest BCUT2D eigenvalue weighted by Gasteiger charge is -2.18. The highest BCUT2D eigenvalue weighted by atomic mass is 16.2. The second kappa shape index (κ2) is 9.13. The minimum absolute atomic E-state index is 0.0762. The van der Waals surface area contributed by atoms with Crippen molar-refractivity contribution in [2.24, 2.45) is 0 Å². The topological polar surface area (TPSA) is 83.9 Å². The van der Waals surface area contributed by atoms with E-state index in [2.05, 4.69) is 25.3 Å². The summed E-state index contributed by atoms with van der Waals surface area (Å²) in [7, 11) is 1.76. The molecule has 154 valence electrons. The number of rotatable bonds is 6. The third kappa shape index (κ3) is 4.90. The first kappa shape index (κ1) is 20.2. The normalized spacial score (nSPS) is 10.5. The molecule has 31 heavy (non-hydrogen) atoms. The SMILES string of the molecule is Cc1cc(NCc2ccc(N(C)C(=O)c3ccncc3)cc2)nc(-c2cccnc2)n1. The second-order valence-electron chi connectivity index (χ2n) is 7.08. The zero-order valence-corrected chi connectivity index (χ0v) is 17.4. The number of pyridine rings is 2. The van der Waals surface area contributed by atoms with Gasteiger partial charge in [-0.2, -0.15) is 0 Å². The van der Waals surface area contributed by atoms with E-state index >= 15 is 0 Å². The molecule has 4 aromatic rings. The minimum atomic E-state index is -0.0762. The Morgan fingerprint density at radius 1 is 0.968 bits per heavy atom. The van der Waals surface area contributed by atoms with Gasteiger partial charge < -0.3 is 10.2 Å². The maximum Gasteiger partial charge on any atom is 0.258 e. The predicted octanol–water partition coefficient (Wildman–Crippen LogP) is 4.13. The van der Waals surface area contributed by atoms with Gasteiger partial charge in [-0.25, -0.2) is 9.97 Å². The quantitative estimate of drug-likeness (QED) is 0.515. The molecule has 0 unspecified atom stereocenters. The predicted molar refractivity (Wildman–Crippen MR) is 121 cm³/mol. The Hall–Kier alpha value is -4.13. The molecular formula is C24H22N6O. The van der Waals surface area contributed by atoms with Crippen molar-refractivity contribution >= 4 is 17.4 Å². The summed E-state index contributed by atoms with van der Waals surface area (Å²) >= 11 is 0. The van der Waals surface area contributed by atoms with Gasteiger partial charge in [-0.1, -0.05) is 12.1 Å². The van der Waals surface area contributed by atoms with Crippen molar-refractivity contribution in [2.75, 3.05) is 17.3 Å². The molecule has 0 aliphatic rings. The number of carbonyl (C=O) groups is 1. The molecule has 7 heteroatoms. The molecule has 0 aliphatic heterocycles. The highest BCUT2D eigenvalue weighted by molar-refractivity contribution is 6.05. The van der Waals surface area contributed by atoms with E-state index in [0.717, 1.165) is 28.3 Å². The average Bonchev–Trinajstić information content (AvgIpc) is 2.83. The smallest absolute Gasteiger partial charge is 0.258 e. The first-order valence-corrected chi connectivity index (χ1v) is 9.87. The molecule has 0 radical (unpaired) electrons. The Kier molecular flexibility index (Phi) is 5.93. The van der Waals surface area contributed by atoms with Gasteiger partial charge in [0, 0.05) is 67.0 Å². The number of benzene rings is 1. The van der Waals surface area contributed by atoms with Crippen molar-refractivity contribution in [3.8, 4) is 11.4 Å². The van der Waals surface area contributed by atoms with Crippen LogP contribution in [0, 0.1) is 6.92 Å². The van der Waals surface area contributed by atoms with Gasteiger partial charge in [0.05, 0.1) is 0 Å². The van der Waals surface area contributed by atoms with Gasteiger partial charge in [0.1, 0.15) is 5.82 Å². The molecule has 0 aliphatic carbocycles. The van der Waals surface area contributed by atoms with Crippen LogP contribution >= 0.6 is 0 Å². The van der Waals surface area contributed by atoms with Crippen LogP contribution in [-0.4, -0.2) is 32.9 Å². The summed E-state index contributed by atoms with van der Waals surface area (Å²) in [4.78, 5) is 31.4. The molecule has 1 N–H and O–H groups in total. The van der Waals surface area contributed by atoms with E-state index in [1.165, 1.54) is 0 Å². The standard InChI is InChI=1S/C24H22N6O/c1-17-14-22(29-23(28-17)20-4-3-11-26-16-20)27-15-18-5-7-21(8-6-18)30(2)24(31)19-9-12-25-13-10-19/h3-14,16H,15H2,1-2H3,(H,27,28,29). The summed E-state index contributed by atoms with van der Waals surface area (Å²) in [5.41, 5.74) is 4.25. The summed E-state index contributed by atoms with van der Waals surface area (Å²) in [5, 5.41) is 3.35. The van der Waals surface area contributed by atoms with Crippen molar-refractivity contribution in [3.05, 3.63) is 96.2 Å². The van der Waals surface area contributed by atoms with Gasteiger partial charge >= 0.3 is 0 Å². The third-order valence-electron chi connectivity index (χ3n) is 4.80. The van der Waals surface area contributed by atoms with Crippen LogP contribution in [0.25, 0.3) is 11.4 Å². The summed E-state index contributed by atoms with van der Waals surface area (Å²) < 4.78 is 0. The Morgan fingerprint density at radius 2 is 1.74 bits per heavy atom. The van der Waals surface area contributed by atoms with E-state index in [0.29, 0.717) is 17.9 Å². The third-order valence-corrected chi connectivity index (χ3v) is 4.80. The van der Waals surface area contributed by atoms with Crippen LogP contribution in [0.3, 0.4) is 0 Å². The summed E-state index contributed by atoms with van der Waals surface area (Å²) in [6.07, 6.45) is 6.71. The number of carbonyl (C=O) groups excluding carboxylic acids is 1. The number of nitrogens with one attached hydrogen (secondary N) is 1. The zero-order valence-electron chi connectivity index (χ0n) is 17.4. The molecule has 0 bridgehead atoms. The fourth-order valence-electron chi connectivity index (χ4n) is 3.12. The van der Waals surface area contributed by atoms with Crippen LogP contribution in [0.4, 0.5) is 11.5 Å². The van der Waals surface area contributed by atoms with Crippen molar-refractivity contribution in [2.45, 2.75) is 13.5 Å². The van der Waals surface area contributed by atoms with Crippen LogP contribution in [0.2, 0.25) is 0 Å². The highest BCUT2D eigenvalue weighted by Gasteiger charge is 2.13. The first-order valence-electron chi connectivity index (χ1n) is 9.87. The van der Waals surface area contributed by atoms with Gasteiger partial charge in [-0.3, -0.25) is 14.8 Å². The molecular weight excluding hydrogens is 388 g/mol. The molecule has 7 nitrogen and oxygen atoms in total. The molecule has 3 aromatic heterocycles. The lowest BCUT2D eigenvalue weighted by Crippen LogP contribution is -2.26. The maximum atomic E-state index is 12.6. The summed E-state index contributed by atoms with van der Waals surface area (Å²) in [5.74, 6) is 1.32. The summed E-state index contributed by atoms with van der Waals surface area (Å²) in [6, 6.07) is 17.0. The number of hydrogen-bond donors (Lipinski definition) is 1. The molecule has 1 aromatic carbocycles. The van der Waals surface area contributed by atoms with E-state index in [9.17, 15) is 4.79 Å². The number of aromatic nitrogens is 4. The highest BCUT2D eigenvalue weighted by Crippen LogP contribution is 2.19. The number of aryl methyl sites for hydroxylation is 1. The Labute approximate surface area is 180 Å². The van der Waals surface area contributed by atoms with Crippen LogP contribution in [0.1, 0.15) is 21.6 Å². The largest absolute Gasteiger partial charge is 0.366 e. The molecule has 1 amide bonds. The second-order valence-corrected chi connectivity index (χ2v) is 7.08. The van der Waals surface area contributed by atoms with Crippen LogP contribution < -0.4 is 10.2 Å². The van der Waals surface area contributed by atoms with Crippen molar-refractivity contribution in [1.82, 2.24) is 19.9 Å². The van der Waals surface area contributed by atoms with Crippen molar-refractivity contribution in [3.63, 3.8) is 0 Å². The number of nitrogens with zero attached hydrogens (tertiary/aromatic N) is 5. The van der Waals surface area contributed by atoms with Gasteiger partial charge in [-0.15, -0.1) is 0 Å². The van der Waals surface area contributed by atoms with Crippen molar-refractivity contribution < 1.29 is 4.79 Å². The fraction of sp³-hybridized carbons (Fsp3) is 0.125. The van der Waals surface area contributed by atoms with Crippen LogP contribution in [0.15, 0.2) is 79.4 Å². The van der Waals surface area contributed by atoms with Crippen molar-refractivity contribution in [1.29, 1.82) is 0 Å². The average molecular weight is 410 g/mol. The van der Waals surface area contributed by atoms with E-state index in [1.807, 2.05) is 49.4 Å². The molecule has 0 spiro atoms. The number of hydrogen-bond acceptors (Lipinski definition) is 6. The molecule has 0 saturated heterocycles. The minimum Gasteiger partial charge on any atom is -0.366 e. The Balaban J connectivity index is 1.43. The molecule has 0 fully saturated rings.